The Morgan fingerprint density at radius 1 is 0.429 bits per heavy atom. The number of nitrogens with zero attached hydrogens (tertiary/aromatic N) is 4. The van der Waals surface area contributed by atoms with Gasteiger partial charge in [0.05, 0.1) is 11.0 Å². The van der Waals surface area contributed by atoms with Crippen LogP contribution in [0.4, 0.5) is 0 Å². The maximum absolute atomic E-state index is 6.49. The highest BCUT2D eigenvalue weighted by Crippen LogP contribution is 2.57. The number of hydrogen-bond donors (Lipinski definition) is 0. The summed E-state index contributed by atoms with van der Waals surface area (Å²) in [5.41, 5.74) is 13.7. The molecule has 3 heterocycles. The lowest BCUT2D eigenvalue weighted by Crippen LogP contribution is -2.28. The summed E-state index contributed by atoms with van der Waals surface area (Å²) in [4.78, 5) is 15.7. The summed E-state index contributed by atoms with van der Waals surface area (Å²) in [6.45, 7) is 0. The summed E-state index contributed by atoms with van der Waals surface area (Å²) >= 11 is 0. The topological polar surface area (TPSA) is 56.7 Å². The van der Waals surface area contributed by atoms with Crippen LogP contribution in [0.2, 0.25) is 0 Å². The molecule has 3 aromatic heterocycles. The number of aromatic nitrogens is 4. The zero-order valence-electron chi connectivity index (χ0n) is 30.7. The molecule has 0 amide bonds. The Bertz CT molecular complexity index is 3170. The molecule has 266 valence electrons. The third kappa shape index (κ3) is 4.64. The van der Waals surface area contributed by atoms with E-state index in [1.807, 2.05) is 24.3 Å². The van der Waals surface area contributed by atoms with E-state index in [2.05, 4.69) is 138 Å². The van der Waals surface area contributed by atoms with Crippen molar-refractivity contribution in [3.8, 4) is 51.0 Å². The molecule has 0 N–H and O–H groups in total. The number of hydrogen-bond acceptors (Lipinski definition) is 4. The van der Waals surface area contributed by atoms with Gasteiger partial charge >= 0.3 is 0 Å². The van der Waals surface area contributed by atoms with Crippen LogP contribution in [0.1, 0.15) is 43.2 Å². The lowest BCUT2D eigenvalue weighted by Gasteiger charge is -2.36. The molecule has 2 aliphatic rings. The lowest BCUT2D eigenvalue weighted by molar-refractivity contribution is 0.353. The number of para-hydroxylation sites is 1. The molecule has 10 aromatic rings. The molecule has 56 heavy (non-hydrogen) atoms. The van der Waals surface area contributed by atoms with Gasteiger partial charge in [0.15, 0.2) is 11.6 Å². The summed E-state index contributed by atoms with van der Waals surface area (Å²) in [7, 11) is 0. The lowest BCUT2D eigenvalue weighted by atomic mass is 9.68. The number of benzene rings is 7. The fourth-order valence-corrected chi connectivity index (χ4v) is 9.86. The molecular formula is C51H36N4O. The standard InChI is InChI=1S/C51H36N4O/c1-4-14-32(15-5-1)34-23-25-46-41(28-34)38-24-22-35(29-47(38)56-46)49-52-48(33-16-6-2-7-17-33)53-50(54-49)55-44-21-11-9-19-37(44)40-30-39-36-18-8-10-20-42(36)51(26-12-3-13-27-51)43(39)31-45(40)55/h1-2,4-11,14-25,28-31H,3,12-13,26-27H2. The van der Waals surface area contributed by atoms with Crippen molar-refractivity contribution in [3.05, 3.63) is 169 Å². The maximum Gasteiger partial charge on any atom is 0.238 e. The Labute approximate surface area is 323 Å². The first-order valence-corrected chi connectivity index (χ1v) is 19.7. The van der Waals surface area contributed by atoms with Crippen LogP contribution in [0.5, 0.6) is 0 Å². The van der Waals surface area contributed by atoms with Gasteiger partial charge in [0.2, 0.25) is 5.95 Å². The van der Waals surface area contributed by atoms with Crippen molar-refractivity contribution >= 4 is 43.7 Å². The van der Waals surface area contributed by atoms with Crippen molar-refractivity contribution in [2.45, 2.75) is 37.5 Å². The minimum absolute atomic E-state index is 0.0307. The molecule has 0 aliphatic heterocycles. The highest BCUT2D eigenvalue weighted by Gasteiger charge is 2.44. The van der Waals surface area contributed by atoms with Crippen molar-refractivity contribution in [2.75, 3.05) is 0 Å². The molecule has 0 atom stereocenters. The van der Waals surface area contributed by atoms with Crippen molar-refractivity contribution < 1.29 is 4.42 Å². The molecule has 0 saturated heterocycles. The highest BCUT2D eigenvalue weighted by atomic mass is 16.3. The zero-order valence-corrected chi connectivity index (χ0v) is 30.7. The summed E-state index contributed by atoms with van der Waals surface area (Å²) in [5.74, 6) is 1.83. The van der Waals surface area contributed by atoms with E-state index < -0.39 is 0 Å². The Hall–Kier alpha value is -6.85. The van der Waals surface area contributed by atoms with Crippen LogP contribution in [0.25, 0.3) is 94.7 Å². The van der Waals surface area contributed by atoms with Gasteiger partial charge in [-0.25, -0.2) is 4.98 Å². The monoisotopic (exact) mass is 720 g/mol. The molecule has 0 unspecified atom stereocenters. The van der Waals surface area contributed by atoms with Gasteiger partial charge in [-0.05, 0) is 88.7 Å². The highest BCUT2D eigenvalue weighted by molar-refractivity contribution is 6.11. The van der Waals surface area contributed by atoms with Crippen LogP contribution in [0.15, 0.2) is 162 Å². The second kappa shape index (κ2) is 12.1. The fourth-order valence-electron chi connectivity index (χ4n) is 9.86. The smallest absolute Gasteiger partial charge is 0.238 e. The molecule has 2 aliphatic carbocycles. The van der Waals surface area contributed by atoms with E-state index in [4.69, 9.17) is 19.4 Å². The first-order chi connectivity index (χ1) is 27.7. The minimum atomic E-state index is 0.0307. The van der Waals surface area contributed by atoms with Gasteiger partial charge in [-0.2, -0.15) is 9.97 Å². The van der Waals surface area contributed by atoms with Crippen molar-refractivity contribution in [1.29, 1.82) is 0 Å². The summed E-state index contributed by atoms with van der Waals surface area (Å²) < 4.78 is 8.76. The summed E-state index contributed by atoms with van der Waals surface area (Å²) in [6, 6.07) is 56.2. The predicted molar refractivity (Wildman–Crippen MR) is 227 cm³/mol. The molecule has 12 rings (SSSR count). The Kier molecular flexibility index (Phi) is 6.79. The molecule has 1 spiro atoms. The first kappa shape index (κ1) is 31.5. The van der Waals surface area contributed by atoms with Crippen LogP contribution >= 0.6 is 0 Å². The van der Waals surface area contributed by atoms with Gasteiger partial charge in [0.25, 0.3) is 0 Å². The average Bonchev–Trinajstić information content (AvgIpc) is 3.89. The van der Waals surface area contributed by atoms with E-state index in [9.17, 15) is 0 Å². The van der Waals surface area contributed by atoms with E-state index in [0.717, 1.165) is 49.7 Å². The molecule has 5 heteroatoms. The van der Waals surface area contributed by atoms with Crippen molar-refractivity contribution in [2.24, 2.45) is 0 Å². The van der Waals surface area contributed by atoms with Gasteiger partial charge in [0, 0.05) is 38.1 Å². The Morgan fingerprint density at radius 3 is 1.98 bits per heavy atom. The summed E-state index contributed by atoms with van der Waals surface area (Å²) in [6.07, 6.45) is 6.14. The predicted octanol–water partition coefficient (Wildman–Crippen LogP) is 13.1. The van der Waals surface area contributed by atoms with Crippen LogP contribution in [-0.2, 0) is 5.41 Å². The maximum atomic E-state index is 6.49. The second-order valence-corrected chi connectivity index (χ2v) is 15.5. The first-order valence-electron chi connectivity index (χ1n) is 19.7. The number of rotatable bonds is 4. The van der Waals surface area contributed by atoms with Crippen molar-refractivity contribution in [1.82, 2.24) is 19.5 Å². The molecule has 1 saturated carbocycles. The SMILES string of the molecule is c1ccc(-c2ccc3oc4cc(-c5nc(-c6ccccc6)nc(-n6c7ccccc7c7cc8c(cc76)C6(CCCCC6)c6ccccc6-8)n5)ccc4c3c2)cc1. The zero-order chi connectivity index (χ0) is 36.8. The van der Waals surface area contributed by atoms with Crippen LogP contribution < -0.4 is 0 Å². The fraction of sp³-hybridized carbons (Fsp3) is 0.118. The van der Waals surface area contributed by atoms with E-state index in [1.165, 1.54) is 70.7 Å². The van der Waals surface area contributed by atoms with E-state index in [0.29, 0.717) is 17.6 Å². The molecule has 7 aromatic carbocycles. The van der Waals surface area contributed by atoms with Gasteiger partial charge < -0.3 is 4.42 Å². The molecule has 0 radical (unpaired) electrons. The largest absolute Gasteiger partial charge is 0.456 e. The average molecular weight is 721 g/mol. The van der Waals surface area contributed by atoms with Crippen LogP contribution in [0, 0.1) is 0 Å². The van der Waals surface area contributed by atoms with Crippen LogP contribution in [-0.4, -0.2) is 19.5 Å². The Morgan fingerprint density at radius 2 is 1.14 bits per heavy atom. The second-order valence-electron chi connectivity index (χ2n) is 15.5. The Balaban J connectivity index is 1.08. The van der Waals surface area contributed by atoms with E-state index >= 15 is 0 Å². The van der Waals surface area contributed by atoms with Gasteiger partial charge in [0.1, 0.15) is 11.2 Å². The molecular weight excluding hydrogens is 685 g/mol. The van der Waals surface area contributed by atoms with E-state index in [-0.39, 0.29) is 5.41 Å². The number of fused-ring (bicyclic) bond motifs is 11. The van der Waals surface area contributed by atoms with Gasteiger partial charge in [-0.3, -0.25) is 4.57 Å². The quantitative estimate of drug-likeness (QED) is 0.182. The normalized spacial score (nSPS) is 14.6. The molecule has 5 nitrogen and oxygen atoms in total. The van der Waals surface area contributed by atoms with Gasteiger partial charge in [-0.15, -0.1) is 0 Å². The summed E-state index contributed by atoms with van der Waals surface area (Å²) in [5, 5.41) is 4.55. The minimum Gasteiger partial charge on any atom is -0.456 e. The molecule has 1 fully saturated rings. The van der Waals surface area contributed by atoms with Crippen LogP contribution in [0.3, 0.4) is 0 Å². The van der Waals surface area contributed by atoms with Crippen molar-refractivity contribution in [3.63, 3.8) is 0 Å². The third-order valence-electron chi connectivity index (χ3n) is 12.5. The third-order valence-corrected chi connectivity index (χ3v) is 12.5. The van der Waals surface area contributed by atoms with E-state index in [1.54, 1.807) is 0 Å². The molecule has 0 bridgehead atoms. The number of furan rings is 1. The van der Waals surface area contributed by atoms with Gasteiger partial charge in [-0.1, -0.05) is 135 Å².